The molecule has 1 aromatic carbocycles. The zero-order valence-electron chi connectivity index (χ0n) is 14.4. The number of carbonyl (C=O) groups excluding carboxylic acids is 1. The zero-order valence-corrected chi connectivity index (χ0v) is 14.4. The number of anilines is 1. The predicted molar refractivity (Wildman–Crippen MR) is 96.1 cm³/mol. The van der Waals surface area contributed by atoms with E-state index in [-0.39, 0.29) is 11.4 Å². The number of rotatable bonds is 5. The lowest BCUT2D eigenvalue weighted by atomic mass is 10.2. The first-order valence-corrected chi connectivity index (χ1v) is 8.80. The molecule has 0 atom stereocenters. The average Bonchev–Trinajstić information content (AvgIpc) is 3.31. The van der Waals surface area contributed by atoms with Crippen LogP contribution in [0.2, 0.25) is 0 Å². The van der Waals surface area contributed by atoms with Gasteiger partial charge in [-0.3, -0.25) is 4.79 Å². The van der Waals surface area contributed by atoms with E-state index in [0.717, 1.165) is 23.9 Å². The minimum Gasteiger partial charge on any atom is -0.433 e. The lowest BCUT2D eigenvalue weighted by molar-refractivity contribution is -0.0493. The van der Waals surface area contributed by atoms with Crippen molar-refractivity contribution in [1.29, 1.82) is 0 Å². The summed E-state index contributed by atoms with van der Waals surface area (Å²) in [5, 5.41) is 7.79. The van der Waals surface area contributed by atoms with Crippen LogP contribution in [-0.2, 0) is 0 Å². The summed E-state index contributed by atoms with van der Waals surface area (Å²) in [7, 11) is 0. The minimum absolute atomic E-state index is 0.0936. The largest absolute Gasteiger partial charge is 0.433 e. The van der Waals surface area contributed by atoms with Gasteiger partial charge >= 0.3 is 6.61 Å². The van der Waals surface area contributed by atoms with Crippen molar-refractivity contribution in [2.24, 2.45) is 0 Å². The number of hydrogen-bond acceptors (Lipinski definition) is 4. The summed E-state index contributed by atoms with van der Waals surface area (Å²) < 4.78 is 31.4. The maximum Gasteiger partial charge on any atom is 0.387 e. The van der Waals surface area contributed by atoms with E-state index in [1.807, 2.05) is 4.68 Å². The highest BCUT2D eigenvalue weighted by Crippen LogP contribution is 2.31. The fourth-order valence-corrected chi connectivity index (χ4v) is 3.44. The fraction of sp³-hybridized carbons (Fsp3) is 0.316. The molecule has 1 amide bonds. The van der Waals surface area contributed by atoms with E-state index in [1.54, 1.807) is 24.4 Å². The van der Waals surface area contributed by atoms with Gasteiger partial charge < -0.3 is 10.1 Å². The quantitative estimate of drug-likeness (QED) is 0.721. The van der Waals surface area contributed by atoms with Crippen molar-refractivity contribution in [3.05, 3.63) is 48.3 Å². The highest BCUT2D eigenvalue weighted by atomic mass is 19.3. The summed E-state index contributed by atoms with van der Waals surface area (Å²) >= 11 is 0. The van der Waals surface area contributed by atoms with Gasteiger partial charge in [0.15, 0.2) is 5.65 Å². The highest BCUT2D eigenvalue weighted by molar-refractivity contribution is 6.06. The Morgan fingerprint density at radius 1 is 1.22 bits per heavy atom. The number of fused-ring (bicyclic) bond motifs is 1. The second-order valence-electron chi connectivity index (χ2n) is 6.49. The van der Waals surface area contributed by atoms with Gasteiger partial charge in [0.2, 0.25) is 0 Å². The number of para-hydroxylation sites is 2. The summed E-state index contributed by atoms with van der Waals surface area (Å²) in [6, 6.07) is 8.11. The van der Waals surface area contributed by atoms with Crippen LogP contribution in [0.15, 0.2) is 42.7 Å². The Morgan fingerprint density at radius 2 is 2.00 bits per heavy atom. The molecule has 0 spiro atoms. The molecule has 0 bridgehead atoms. The van der Waals surface area contributed by atoms with Crippen LogP contribution in [0.3, 0.4) is 0 Å². The molecule has 0 aliphatic heterocycles. The first kappa shape index (κ1) is 17.4. The second-order valence-corrected chi connectivity index (χ2v) is 6.49. The van der Waals surface area contributed by atoms with Crippen molar-refractivity contribution in [2.45, 2.75) is 38.3 Å². The Hall–Kier alpha value is -3.03. The van der Waals surface area contributed by atoms with Gasteiger partial charge in [-0.1, -0.05) is 25.0 Å². The topological polar surface area (TPSA) is 69.0 Å². The van der Waals surface area contributed by atoms with Crippen molar-refractivity contribution < 1.29 is 18.3 Å². The average molecular weight is 372 g/mol. The number of nitrogens with one attached hydrogen (secondary N) is 1. The van der Waals surface area contributed by atoms with Crippen LogP contribution in [0.4, 0.5) is 14.5 Å². The number of pyridine rings is 1. The molecule has 27 heavy (non-hydrogen) atoms. The summed E-state index contributed by atoms with van der Waals surface area (Å²) in [6.45, 7) is -2.97. The molecule has 140 valence electrons. The number of hydrogen-bond donors (Lipinski definition) is 1. The van der Waals surface area contributed by atoms with Crippen LogP contribution < -0.4 is 10.1 Å². The summed E-state index contributed by atoms with van der Waals surface area (Å²) in [6.07, 6.45) is 7.72. The van der Waals surface area contributed by atoms with Gasteiger partial charge in [0, 0.05) is 11.6 Å². The lowest BCUT2D eigenvalue weighted by Crippen LogP contribution is -2.14. The van der Waals surface area contributed by atoms with Crippen LogP contribution in [0.1, 0.15) is 42.1 Å². The summed E-state index contributed by atoms with van der Waals surface area (Å²) in [4.78, 5) is 16.9. The Balaban J connectivity index is 1.57. The number of halogens is 2. The standard InChI is InChI=1S/C19H18F2N4O2/c20-19(21)27-16-8-4-3-7-15(16)24-18(26)13-9-12-11-23-25(17(12)22-10-13)14-5-1-2-6-14/h3-4,7-11,14,19H,1-2,5-6H2,(H,24,26). The van der Waals surface area contributed by atoms with Crippen molar-refractivity contribution in [2.75, 3.05) is 5.32 Å². The van der Waals surface area contributed by atoms with E-state index in [2.05, 4.69) is 20.1 Å². The van der Waals surface area contributed by atoms with E-state index >= 15 is 0 Å². The molecule has 3 aromatic rings. The van der Waals surface area contributed by atoms with Gasteiger partial charge in [-0.05, 0) is 31.0 Å². The first-order valence-electron chi connectivity index (χ1n) is 8.80. The Bertz CT molecular complexity index is 967. The third kappa shape index (κ3) is 3.60. The molecule has 4 rings (SSSR count). The zero-order chi connectivity index (χ0) is 18.8. The number of aromatic nitrogens is 3. The smallest absolute Gasteiger partial charge is 0.387 e. The number of ether oxygens (including phenoxy) is 1. The molecule has 0 unspecified atom stereocenters. The predicted octanol–water partition coefficient (Wildman–Crippen LogP) is 4.40. The maximum absolute atomic E-state index is 12.5. The minimum atomic E-state index is -2.97. The number of amides is 1. The van der Waals surface area contributed by atoms with Crippen LogP contribution in [-0.4, -0.2) is 27.3 Å². The molecule has 6 nitrogen and oxygen atoms in total. The number of nitrogens with zero attached hydrogens (tertiary/aromatic N) is 3. The highest BCUT2D eigenvalue weighted by Gasteiger charge is 2.21. The van der Waals surface area contributed by atoms with E-state index in [9.17, 15) is 13.6 Å². The van der Waals surface area contributed by atoms with Gasteiger partial charge in [0.25, 0.3) is 5.91 Å². The number of carbonyl (C=O) groups is 1. The van der Waals surface area contributed by atoms with Gasteiger partial charge in [-0.25, -0.2) is 9.67 Å². The van der Waals surface area contributed by atoms with Gasteiger partial charge in [-0.15, -0.1) is 0 Å². The lowest BCUT2D eigenvalue weighted by Gasteiger charge is -2.12. The molecule has 0 radical (unpaired) electrons. The van der Waals surface area contributed by atoms with E-state index in [1.165, 1.54) is 31.2 Å². The maximum atomic E-state index is 12.5. The fourth-order valence-electron chi connectivity index (χ4n) is 3.44. The van der Waals surface area contributed by atoms with Gasteiger partial charge in [0.1, 0.15) is 5.75 Å². The van der Waals surface area contributed by atoms with E-state index in [4.69, 9.17) is 0 Å². The van der Waals surface area contributed by atoms with E-state index < -0.39 is 12.5 Å². The molecule has 2 heterocycles. The molecule has 2 aromatic heterocycles. The first-order chi connectivity index (χ1) is 13.1. The van der Waals surface area contributed by atoms with E-state index in [0.29, 0.717) is 11.6 Å². The van der Waals surface area contributed by atoms with Gasteiger partial charge in [-0.2, -0.15) is 13.9 Å². The Kier molecular flexibility index (Phi) is 4.70. The van der Waals surface area contributed by atoms with Gasteiger partial charge in [0.05, 0.1) is 23.5 Å². The number of benzene rings is 1. The normalized spacial score (nSPS) is 14.8. The van der Waals surface area contributed by atoms with Crippen molar-refractivity contribution in [3.8, 4) is 5.75 Å². The van der Waals surface area contributed by atoms with Crippen LogP contribution in [0, 0.1) is 0 Å². The Morgan fingerprint density at radius 3 is 2.78 bits per heavy atom. The third-order valence-electron chi connectivity index (χ3n) is 4.72. The van der Waals surface area contributed by atoms with Crippen LogP contribution >= 0.6 is 0 Å². The number of alkyl halides is 2. The van der Waals surface area contributed by atoms with Crippen LogP contribution in [0.5, 0.6) is 5.75 Å². The van der Waals surface area contributed by atoms with Crippen molar-refractivity contribution in [1.82, 2.24) is 14.8 Å². The van der Waals surface area contributed by atoms with Crippen LogP contribution in [0.25, 0.3) is 11.0 Å². The SMILES string of the molecule is O=C(Nc1ccccc1OC(F)F)c1cnc2c(cnn2C2CCCC2)c1. The molecule has 1 fully saturated rings. The second kappa shape index (κ2) is 7.30. The van der Waals surface area contributed by atoms with Crippen molar-refractivity contribution in [3.63, 3.8) is 0 Å². The molecule has 1 aliphatic carbocycles. The summed E-state index contributed by atoms with van der Waals surface area (Å²) in [5.41, 5.74) is 1.24. The summed E-state index contributed by atoms with van der Waals surface area (Å²) in [5.74, 6) is -0.549. The molecular weight excluding hydrogens is 354 g/mol. The monoisotopic (exact) mass is 372 g/mol. The molecule has 1 saturated carbocycles. The molecule has 0 saturated heterocycles. The Labute approximate surface area is 154 Å². The molecule has 8 heteroatoms. The molecule has 1 N–H and O–H groups in total. The molecular formula is C19H18F2N4O2. The molecule has 1 aliphatic rings. The third-order valence-corrected chi connectivity index (χ3v) is 4.72. The van der Waals surface area contributed by atoms with Crippen molar-refractivity contribution >= 4 is 22.6 Å².